The number of benzene rings is 1. The first-order chi connectivity index (χ1) is 11.5. The zero-order valence-corrected chi connectivity index (χ0v) is 14.6. The molecule has 0 radical (unpaired) electrons. The number of quaternary nitrogens is 1. The van der Waals surface area contributed by atoms with E-state index in [-0.39, 0.29) is 11.8 Å². The van der Waals surface area contributed by atoms with Gasteiger partial charge in [0.2, 0.25) is 0 Å². The van der Waals surface area contributed by atoms with Crippen molar-refractivity contribution < 1.29 is 14.5 Å². The summed E-state index contributed by atoms with van der Waals surface area (Å²) in [7, 11) is 0. The first-order valence-corrected chi connectivity index (χ1v) is 9.04. The van der Waals surface area contributed by atoms with Crippen LogP contribution in [0.2, 0.25) is 0 Å². The molecule has 0 unspecified atom stereocenters. The van der Waals surface area contributed by atoms with Crippen molar-refractivity contribution in [1.82, 2.24) is 5.32 Å². The van der Waals surface area contributed by atoms with Gasteiger partial charge in [0.05, 0.1) is 24.3 Å². The van der Waals surface area contributed by atoms with Gasteiger partial charge in [-0.15, -0.1) is 0 Å². The standard InChI is InChI=1S/C19H27N3O2/c1-13-9-14(2)11-22(10-13)12-18(23)21-17-6-4-3-5-16(17)19(24)20-15-7-8-15/h3-6,13-15H,7-12H2,1-2H3,(H,20,24)(H,21,23)/p+1/t13-,14-/m1/s1. The number of hydrogen-bond acceptors (Lipinski definition) is 2. The lowest BCUT2D eigenvalue weighted by Crippen LogP contribution is -3.15. The normalized spacial score (nSPS) is 26.7. The van der Waals surface area contributed by atoms with Gasteiger partial charge in [-0.1, -0.05) is 26.0 Å². The summed E-state index contributed by atoms with van der Waals surface area (Å²) in [4.78, 5) is 26.1. The van der Waals surface area contributed by atoms with Gasteiger partial charge in [0.15, 0.2) is 6.54 Å². The van der Waals surface area contributed by atoms with Gasteiger partial charge in [-0.25, -0.2) is 0 Å². The highest BCUT2D eigenvalue weighted by molar-refractivity contribution is 6.04. The van der Waals surface area contributed by atoms with Crippen molar-refractivity contribution >= 4 is 17.5 Å². The molecule has 2 fully saturated rings. The Balaban J connectivity index is 1.60. The maximum absolute atomic E-state index is 12.4. The number of hydrogen-bond donors (Lipinski definition) is 3. The van der Waals surface area contributed by atoms with Crippen LogP contribution in [0.5, 0.6) is 0 Å². The van der Waals surface area contributed by atoms with E-state index in [1.165, 1.54) is 11.3 Å². The van der Waals surface area contributed by atoms with E-state index in [0.717, 1.165) is 25.9 Å². The molecule has 1 saturated heterocycles. The van der Waals surface area contributed by atoms with Gasteiger partial charge in [-0.05, 0) is 31.4 Å². The van der Waals surface area contributed by atoms with Crippen molar-refractivity contribution in [1.29, 1.82) is 0 Å². The molecule has 5 nitrogen and oxygen atoms in total. The van der Waals surface area contributed by atoms with Crippen molar-refractivity contribution in [2.24, 2.45) is 11.8 Å². The fraction of sp³-hybridized carbons (Fsp3) is 0.579. The average Bonchev–Trinajstić information content (AvgIpc) is 3.30. The maximum atomic E-state index is 12.4. The monoisotopic (exact) mass is 330 g/mol. The fourth-order valence-corrected chi connectivity index (χ4v) is 3.77. The number of carbonyl (C=O) groups is 2. The number of rotatable bonds is 5. The molecule has 1 aromatic carbocycles. The lowest BCUT2D eigenvalue weighted by atomic mass is 9.92. The van der Waals surface area contributed by atoms with E-state index in [9.17, 15) is 9.59 Å². The smallest absolute Gasteiger partial charge is 0.279 e. The Bertz CT molecular complexity index is 602. The minimum absolute atomic E-state index is 0.0158. The van der Waals surface area contributed by atoms with E-state index < -0.39 is 0 Å². The largest absolute Gasteiger partial charge is 0.349 e. The molecule has 1 aliphatic carbocycles. The molecule has 0 aromatic heterocycles. The van der Waals surface area contributed by atoms with E-state index >= 15 is 0 Å². The summed E-state index contributed by atoms with van der Waals surface area (Å²) in [6, 6.07) is 7.56. The fourth-order valence-electron chi connectivity index (χ4n) is 3.77. The van der Waals surface area contributed by atoms with Crippen molar-refractivity contribution in [3.8, 4) is 0 Å². The van der Waals surface area contributed by atoms with Crippen LogP contribution in [-0.2, 0) is 4.79 Å². The Kier molecular flexibility index (Phi) is 5.19. The first kappa shape index (κ1) is 17.0. The molecular weight excluding hydrogens is 302 g/mol. The van der Waals surface area contributed by atoms with E-state index in [1.807, 2.05) is 12.1 Å². The third-order valence-electron chi connectivity index (χ3n) is 4.85. The SMILES string of the molecule is C[C@@H]1C[C@@H](C)C[NH+](CC(=O)Nc2ccccc2C(=O)NC2CC2)C1. The summed E-state index contributed by atoms with van der Waals surface area (Å²) in [5.74, 6) is 1.21. The highest BCUT2D eigenvalue weighted by atomic mass is 16.2. The quantitative estimate of drug-likeness (QED) is 0.756. The predicted molar refractivity (Wildman–Crippen MR) is 94.1 cm³/mol. The summed E-state index contributed by atoms with van der Waals surface area (Å²) >= 11 is 0. The summed E-state index contributed by atoms with van der Waals surface area (Å²) in [6.45, 7) is 7.06. The average molecular weight is 330 g/mol. The molecule has 1 aliphatic heterocycles. The highest BCUT2D eigenvalue weighted by Crippen LogP contribution is 2.21. The van der Waals surface area contributed by atoms with Crippen molar-refractivity contribution in [3.05, 3.63) is 29.8 Å². The number of nitrogens with one attached hydrogen (secondary N) is 3. The molecule has 2 amide bonds. The van der Waals surface area contributed by atoms with E-state index in [4.69, 9.17) is 0 Å². The molecule has 1 saturated carbocycles. The van der Waals surface area contributed by atoms with Gasteiger partial charge in [0.1, 0.15) is 0 Å². The van der Waals surface area contributed by atoms with Gasteiger partial charge < -0.3 is 15.5 Å². The number of amides is 2. The third-order valence-corrected chi connectivity index (χ3v) is 4.85. The zero-order valence-electron chi connectivity index (χ0n) is 14.6. The van der Waals surface area contributed by atoms with Crippen LogP contribution in [-0.4, -0.2) is 37.5 Å². The Labute approximate surface area is 143 Å². The summed E-state index contributed by atoms with van der Waals surface area (Å²) < 4.78 is 0. The minimum Gasteiger partial charge on any atom is -0.349 e. The second-order valence-corrected chi connectivity index (χ2v) is 7.62. The van der Waals surface area contributed by atoms with E-state index in [2.05, 4.69) is 24.5 Å². The van der Waals surface area contributed by atoms with Crippen molar-refractivity contribution in [2.45, 2.75) is 39.2 Å². The second kappa shape index (κ2) is 7.34. The summed E-state index contributed by atoms with van der Waals surface area (Å²) in [6.07, 6.45) is 3.35. The van der Waals surface area contributed by atoms with Crippen LogP contribution in [0.3, 0.4) is 0 Å². The Morgan fingerprint density at radius 1 is 1.12 bits per heavy atom. The van der Waals surface area contributed by atoms with Crippen LogP contribution < -0.4 is 15.5 Å². The number of anilines is 1. The zero-order chi connectivity index (χ0) is 17.1. The molecule has 2 atom stereocenters. The summed E-state index contributed by atoms with van der Waals surface area (Å²) in [5, 5.41) is 5.92. The third kappa shape index (κ3) is 4.57. The molecule has 2 aliphatic rings. The van der Waals surface area contributed by atoms with E-state index in [0.29, 0.717) is 35.7 Å². The number of carbonyl (C=O) groups excluding carboxylic acids is 2. The number of piperidine rings is 1. The van der Waals surface area contributed by atoms with Crippen LogP contribution in [0, 0.1) is 11.8 Å². The van der Waals surface area contributed by atoms with Gasteiger partial charge in [0.25, 0.3) is 11.8 Å². The molecule has 1 heterocycles. The second-order valence-electron chi connectivity index (χ2n) is 7.62. The van der Waals surface area contributed by atoms with Gasteiger partial charge in [-0.3, -0.25) is 9.59 Å². The molecule has 3 N–H and O–H groups in total. The molecule has 5 heteroatoms. The van der Waals surface area contributed by atoms with Gasteiger partial charge in [0, 0.05) is 17.9 Å². The topological polar surface area (TPSA) is 62.6 Å². The minimum atomic E-state index is -0.0963. The van der Waals surface area contributed by atoms with Crippen molar-refractivity contribution in [3.63, 3.8) is 0 Å². The van der Waals surface area contributed by atoms with Crippen LogP contribution in [0.25, 0.3) is 0 Å². The van der Waals surface area contributed by atoms with Gasteiger partial charge in [-0.2, -0.15) is 0 Å². The molecule has 0 bridgehead atoms. The molecule has 3 rings (SSSR count). The number of para-hydroxylation sites is 1. The van der Waals surface area contributed by atoms with Gasteiger partial charge >= 0.3 is 0 Å². The Hall–Kier alpha value is -1.88. The van der Waals surface area contributed by atoms with Crippen LogP contribution >= 0.6 is 0 Å². The Morgan fingerprint density at radius 2 is 1.79 bits per heavy atom. The molecule has 0 spiro atoms. The van der Waals surface area contributed by atoms with Crippen LogP contribution in [0.4, 0.5) is 5.69 Å². The molecular formula is C19H28N3O2+. The molecule has 24 heavy (non-hydrogen) atoms. The lowest BCUT2D eigenvalue weighted by Gasteiger charge is -2.31. The first-order valence-electron chi connectivity index (χ1n) is 9.04. The molecule has 130 valence electrons. The molecule has 1 aromatic rings. The predicted octanol–water partition coefficient (Wildman–Crippen LogP) is 1.08. The van der Waals surface area contributed by atoms with Crippen LogP contribution in [0.1, 0.15) is 43.5 Å². The van der Waals surface area contributed by atoms with Crippen LogP contribution in [0.15, 0.2) is 24.3 Å². The van der Waals surface area contributed by atoms with E-state index in [1.54, 1.807) is 12.1 Å². The highest BCUT2D eigenvalue weighted by Gasteiger charge is 2.28. The lowest BCUT2D eigenvalue weighted by molar-refractivity contribution is -0.904. The van der Waals surface area contributed by atoms with Crippen molar-refractivity contribution in [2.75, 3.05) is 25.0 Å². The summed E-state index contributed by atoms with van der Waals surface area (Å²) in [5.41, 5.74) is 1.16. The number of likely N-dealkylation sites (tertiary alicyclic amines) is 1. The maximum Gasteiger partial charge on any atom is 0.279 e. The Morgan fingerprint density at radius 3 is 2.46 bits per heavy atom.